The highest BCUT2D eigenvalue weighted by atomic mass is 15.2. The van der Waals surface area contributed by atoms with Crippen LogP contribution in [-0.4, -0.2) is 18.1 Å². The highest BCUT2D eigenvalue weighted by Crippen LogP contribution is 2.25. The van der Waals surface area contributed by atoms with E-state index in [1.54, 1.807) is 0 Å². The Kier molecular flexibility index (Phi) is 4.20. The topological polar surface area (TPSA) is 42.2 Å². The highest BCUT2D eigenvalue weighted by Gasteiger charge is 2.16. The van der Waals surface area contributed by atoms with Gasteiger partial charge in [0, 0.05) is 18.8 Å². The van der Waals surface area contributed by atoms with Crippen LogP contribution in [0.2, 0.25) is 0 Å². The van der Waals surface area contributed by atoms with E-state index in [1.807, 2.05) is 18.2 Å². The van der Waals surface area contributed by atoms with Gasteiger partial charge in [-0.15, -0.1) is 0 Å². The number of anilines is 1. The van der Waals surface area contributed by atoms with Gasteiger partial charge in [0.2, 0.25) is 0 Å². The van der Waals surface area contributed by atoms with Gasteiger partial charge in [-0.3, -0.25) is 0 Å². The van der Waals surface area contributed by atoms with E-state index in [0.717, 1.165) is 35.7 Å². The zero-order valence-corrected chi connectivity index (χ0v) is 12.6. The summed E-state index contributed by atoms with van der Waals surface area (Å²) in [6.45, 7) is 4.30. The van der Waals surface area contributed by atoms with Gasteiger partial charge in [-0.1, -0.05) is 36.4 Å². The summed E-state index contributed by atoms with van der Waals surface area (Å²) in [5.41, 5.74) is 9.67. The molecule has 0 saturated carbocycles. The molecule has 1 fully saturated rings. The summed E-state index contributed by atoms with van der Waals surface area (Å²) >= 11 is 0. The fraction of sp³-hybridized carbons (Fsp3) is 0.389. The molecule has 21 heavy (non-hydrogen) atoms. The quantitative estimate of drug-likeness (QED) is 0.937. The third-order valence-corrected chi connectivity index (χ3v) is 4.29. The number of rotatable bonds is 3. The van der Waals surface area contributed by atoms with Gasteiger partial charge in [-0.2, -0.15) is 0 Å². The lowest BCUT2D eigenvalue weighted by atomic mass is 9.98. The van der Waals surface area contributed by atoms with Crippen LogP contribution in [0.3, 0.4) is 0 Å². The van der Waals surface area contributed by atoms with E-state index in [0.29, 0.717) is 0 Å². The Balaban J connectivity index is 1.84. The van der Waals surface area contributed by atoms with Crippen molar-refractivity contribution in [3.63, 3.8) is 0 Å². The smallest absolute Gasteiger partial charge is 0.128 e. The Labute approximate surface area is 126 Å². The molecule has 3 nitrogen and oxygen atoms in total. The molecule has 3 heteroatoms. The first kappa shape index (κ1) is 14.1. The second kappa shape index (κ2) is 6.27. The molecule has 1 aliphatic heterocycles. The van der Waals surface area contributed by atoms with E-state index in [4.69, 9.17) is 10.7 Å². The van der Waals surface area contributed by atoms with Crippen molar-refractivity contribution in [1.82, 2.24) is 4.98 Å². The van der Waals surface area contributed by atoms with Gasteiger partial charge in [0.15, 0.2) is 0 Å². The number of aryl methyl sites for hydroxylation is 1. The molecule has 1 saturated heterocycles. The molecule has 3 rings (SSSR count). The lowest BCUT2D eigenvalue weighted by Crippen LogP contribution is -2.30. The maximum Gasteiger partial charge on any atom is 0.128 e. The molecule has 0 spiro atoms. The second-order valence-corrected chi connectivity index (χ2v) is 5.78. The first-order valence-electron chi connectivity index (χ1n) is 7.79. The zero-order valence-electron chi connectivity index (χ0n) is 12.6. The second-order valence-electron chi connectivity index (χ2n) is 5.78. The monoisotopic (exact) mass is 281 g/mol. The van der Waals surface area contributed by atoms with Crippen molar-refractivity contribution in [2.45, 2.75) is 32.2 Å². The summed E-state index contributed by atoms with van der Waals surface area (Å²) in [5.74, 6) is 1.09. The molecule has 110 valence electrons. The number of nitrogens with two attached hydrogens (primary N) is 1. The molecule has 0 bridgehead atoms. The molecule has 1 atom stereocenters. The molecular weight excluding hydrogens is 258 g/mol. The molecule has 1 aliphatic rings. The third-order valence-electron chi connectivity index (χ3n) is 4.29. The maximum absolute atomic E-state index is 6.39. The predicted octanol–water partition coefficient (Wildman–Crippen LogP) is 3.43. The number of hydrogen-bond donors (Lipinski definition) is 1. The maximum atomic E-state index is 6.39. The fourth-order valence-corrected chi connectivity index (χ4v) is 3.03. The van der Waals surface area contributed by atoms with Gasteiger partial charge < -0.3 is 10.6 Å². The van der Waals surface area contributed by atoms with Gasteiger partial charge in [-0.25, -0.2) is 4.98 Å². The zero-order chi connectivity index (χ0) is 14.7. The highest BCUT2D eigenvalue weighted by molar-refractivity contribution is 5.44. The van der Waals surface area contributed by atoms with Gasteiger partial charge in [0.05, 0.1) is 6.04 Å². The molecule has 2 aromatic rings. The van der Waals surface area contributed by atoms with Crippen molar-refractivity contribution in [1.29, 1.82) is 0 Å². The minimum absolute atomic E-state index is 0.103. The van der Waals surface area contributed by atoms with Crippen molar-refractivity contribution in [3.8, 4) is 0 Å². The van der Waals surface area contributed by atoms with Crippen molar-refractivity contribution < 1.29 is 0 Å². The molecule has 2 N–H and O–H groups in total. The predicted molar refractivity (Wildman–Crippen MR) is 87.5 cm³/mol. The van der Waals surface area contributed by atoms with Crippen molar-refractivity contribution in [2.24, 2.45) is 5.73 Å². The normalized spacial score (nSPS) is 16.8. The molecule has 1 unspecified atom stereocenters. The van der Waals surface area contributed by atoms with Crippen LogP contribution < -0.4 is 10.6 Å². The Hall–Kier alpha value is -1.87. The average Bonchev–Trinajstić information content (AvgIpc) is 2.56. The summed E-state index contributed by atoms with van der Waals surface area (Å²) in [6, 6.07) is 14.4. The number of pyridine rings is 1. The standard InChI is InChI=1S/C18H23N3/c1-14-16(18(19)15-8-4-2-5-9-15)10-11-17(20-14)21-12-6-3-7-13-21/h2,4-5,8-11,18H,3,6-7,12-13,19H2,1H3. The first-order valence-corrected chi connectivity index (χ1v) is 7.79. The van der Waals surface area contributed by atoms with Crippen molar-refractivity contribution >= 4 is 5.82 Å². The van der Waals surface area contributed by atoms with Gasteiger partial charge >= 0.3 is 0 Å². The van der Waals surface area contributed by atoms with E-state index in [-0.39, 0.29) is 6.04 Å². The Morgan fingerprint density at radius 3 is 2.38 bits per heavy atom. The van der Waals surface area contributed by atoms with Crippen molar-refractivity contribution in [2.75, 3.05) is 18.0 Å². The van der Waals surface area contributed by atoms with Crippen LogP contribution in [0, 0.1) is 6.92 Å². The van der Waals surface area contributed by atoms with Gasteiger partial charge in [-0.05, 0) is 43.4 Å². The molecule has 0 radical (unpaired) electrons. The van der Waals surface area contributed by atoms with Crippen LogP contribution in [0.15, 0.2) is 42.5 Å². The van der Waals surface area contributed by atoms with E-state index in [9.17, 15) is 0 Å². The summed E-state index contributed by atoms with van der Waals surface area (Å²) in [4.78, 5) is 7.17. The fourth-order valence-electron chi connectivity index (χ4n) is 3.03. The molecular formula is C18H23N3. The molecule has 0 aliphatic carbocycles. The third kappa shape index (κ3) is 3.08. The van der Waals surface area contributed by atoms with Gasteiger partial charge in [0.25, 0.3) is 0 Å². The van der Waals surface area contributed by atoms with Crippen LogP contribution in [0.4, 0.5) is 5.82 Å². The van der Waals surface area contributed by atoms with E-state index in [1.165, 1.54) is 19.3 Å². The minimum atomic E-state index is -0.103. The van der Waals surface area contributed by atoms with E-state index in [2.05, 4.69) is 36.1 Å². The SMILES string of the molecule is Cc1nc(N2CCCCC2)ccc1C(N)c1ccccc1. The lowest BCUT2D eigenvalue weighted by Gasteiger charge is -2.28. The summed E-state index contributed by atoms with van der Waals surface area (Å²) < 4.78 is 0. The lowest BCUT2D eigenvalue weighted by molar-refractivity contribution is 0.573. The van der Waals surface area contributed by atoms with Crippen molar-refractivity contribution in [3.05, 3.63) is 59.3 Å². The molecule has 2 heterocycles. The number of hydrogen-bond acceptors (Lipinski definition) is 3. The largest absolute Gasteiger partial charge is 0.357 e. The molecule has 1 aromatic carbocycles. The summed E-state index contributed by atoms with van der Waals surface area (Å²) in [7, 11) is 0. The Morgan fingerprint density at radius 2 is 1.71 bits per heavy atom. The Morgan fingerprint density at radius 1 is 1.00 bits per heavy atom. The van der Waals surface area contributed by atoms with E-state index >= 15 is 0 Å². The van der Waals surface area contributed by atoms with E-state index < -0.39 is 0 Å². The molecule has 1 aromatic heterocycles. The number of benzene rings is 1. The average molecular weight is 281 g/mol. The van der Waals surface area contributed by atoms with Crippen LogP contribution in [0.5, 0.6) is 0 Å². The summed E-state index contributed by atoms with van der Waals surface area (Å²) in [5, 5.41) is 0. The van der Waals surface area contributed by atoms with Gasteiger partial charge in [0.1, 0.15) is 5.82 Å². The van der Waals surface area contributed by atoms with Crippen LogP contribution >= 0.6 is 0 Å². The molecule has 0 amide bonds. The number of aromatic nitrogens is 1. The number of nitrogens with zero attached hydrogens (tertiary/aromatic N) is 2. The minimum Gasteiger partial charge on any atom is -0.357 e. The Bertz CT molecular complexity index is 589. The van der Waals surface area contributed by atoms with Crippen LogP contribution in [0.1, 0.15) is 42.1 Å². The number of piperidine rings is 1. The van der Waals surface area contributed by atoms with Crippen LogP contribution in [0.25, 0.3) is 0 Å². The first-order chi connectivity index (χ1) is 10.3. The van der Waals surface area contributed by atoms with Crippen LogP contribution in [-0.2, 0) is 0 Å². The summed E-state index contributed by atoms with van der Waals surface area (Å²) in [6.07, 6.45) is 3.88.